The Kier molecular flexibility index (Phi) is 4.52. The Hall–Kier alpha value is -2.60. The van der Waals surface area contributed by atoms with E-state index in [1.54, 1.807) is 0 Å². The van der Waals surface area contributed by atoms with Crippen molar-refractivity contribution in [3.05, 3.63) is 65.6 Å². The molecule has 4 rings (SSSR count). The summed E-state index contributed by atoms with van der Waals surface area (Å²) in [5.41, 5.74) is 3.71. The van der Waals surface area contributed by atoms with Gasteiger partial charge in [-0.2, -0.15) is 10.2 Å². The molecule has 6 heteroatoms. The van der Waals surface area contributed by atoms with Gasteiger partial charge in [0.2, 0.25) is 0 Å². The van der Waals surface area contributed by atoms with E-state index in [-0.39, 0.29) is 0 Å². The largest absolute Gasteiger partial charge is 0.370 e. The molecule has 1 aliphatic rings. The van der Waals surface area contributed by atoms with Crippen LogP contribution in [0.2, 0.25) is 0 Å². The van der Waals surface area contributed by atoms with Crippen molar-refractivity contribution in [2.45, 2.75) is 26.6 Å². The van der Waals surface area contributed by atoms with E-state index in [0.717, 1.165) is 44.2 Å². The fraction of sp³-hybridized carbons (Fsp3) is 0.368. The summed E-state index contributed by atoms with van der Waals surface area (Å²) in [6.07, 6.45) is 3.82. The second kappa shape index (κ2) is 7.11. The highest BCUT2D eigenvalue weighted by atomic mass is 15.3. The fourth-order valence-corrected chi connectivity index (χ4v) is 3.39. The van der Waals surface area contributed by atoms with Gasteiger partial charge in [-0.15, -0.1) is 0 Å². The van der Waals surface area contributed by atoms with Crippen LogP contribution in [0, 0.1) is 12.8 Å². The maximum Gasteiger partial charge on any atom is 0.124 e. The first-order chi connectivity index (χ1) is 12.3. The van der Waals surface area contributed by atoms with Gasteiger partial charge in [0.25, 0.3) is 0 Å². The van der Waals surface area contributed by atoms with Crippen LogP contribution in [-0.4, -0.2) is 32.7 Å². The Labute approximate surface area is 147 Å². The van der Waals surface area contributed by atoms with Gasteiger partial charge in [-0.1, -0.05) is 24.3 Å². The molecule has 2 N–H and O–H groups in total. The van der Waals surface area contributed by atoms with Crippen molar-refractivity contribution in [2.75, 3.05) is 18.4 Å². The van der Waals surface area contributed by atoms with Gasteiger partial charge in [0.05, 0.1) is 12.2 Å². The number of benzene rings is 1. The number of hydrogen-bond donors (Lipinski definition) is 2. The first kappa shape index (κ1) is 15.9. The van der Waals surface area contributed by atoms with E-state index in [1.165, 1.54) is 11.1 Å². The lowest BCUT2D eigenvalue weighted by Gasteiger charge is -2.25. The molecule has 25 heavy (non-hydrogen) atoms. The fourth-order valence-electron chi connectivity index (χ4n) is 3.39. The molecule has 6 nitrogen and oxygen atoms in total. The molecule has 0 unspecified atom stereocenters. The number of aromatic nitrogens is 4. The van der Waals surface area contributed by atoms with E-state index in [0.29, 0.717) is 5.92 Å². The molecule has 1 aliphatic heterocycles. The number of nitrogens with zero attached hydrogens (tertiary/aromatic N) is 4. The summed E-state index contributed by atoms with van der Waals surface area (Å²) in [6, 6.07) is 12.6. The van der Waals surface area contributed by atoms with Gasteiger partial charge in [-0.3, -0.25) is 4.68 Å². The third kappa shape index (κ3) is 3.74. The van der Waals surface area contributed by atoms with E-state index in [2.05, 4.69) is 55.8 Å². The molecule has 0 bridgehead atoms. The molecule has 2 aromatic heterocycles. The highest BCUT2D eigenvalue weighted by Crippen LogP contribution is 2.18. The molecule has 0 fully saturated rings. The summed E-state index contributed by atoms with van der Waals surface area (Å²) in [6.45, 7) is 6.66. The maximum atomic E-state index is 4.54. The average molecular weight is 336 g/mol. The smallest absolute Gasteiger partial charge is 0.124 e. The van der Waals surface area contributed by atoms with Crippen LogP contribution in [0.15, 0.2) is 48.8 Å². The van der Waals surface area contributed by atoms with Gasteiger partial charge in [0, 0.05) is 50.6 Å². The van der Waals surface area contributed by atoms with E-state index < -0.39 is 0 Å². The highest BCUT2D eigenvalue weighted by Gasteiger charge is 2.18. The number of anilines is 1. The molecular formula is C19H24N6. The SMILES string of the molecule is Cc1cc2n(n1)C[C@H](CNCc1ccccc1Cn1cccn1)CN2. The van der Waals surface area contributed by atoms with Crippen LogP contribution in [-0.2, 0) is 19.6 Å². The molecule has 130 valence electrons. The van der Waals surface area contributed by atoms with Crippen molar-refractivity contribution in [1.29, 1.82) is 0 Å². The Morgan fingerprint density at radius 2 is 2.12 bits per heavy atom. The molecule has 0 saturated carbocycles. The van der Waals surface area contributed by atoms with E-state index in [4.69, 9.17) is 0 Å². The monoisotopic (exact) mass is 336 g/mol. The topological polar surface area (TPSA) is 59.7 Å². The summed E-state index contributed by atoms with van der Waals surface area (Å²) in [7, 11) is 0. The lowest BCUT2D eigenvalue weighted by Crippen LogP contribution is -2.35. The van der Waals surface area contributed by atoms with Crippen LogP contribution in [0.5, 0.6) is 0 Å². The van der Waals surface area contributed by atoms with Gasteiger partial charge in [-0.25, -0.2) is 4.68 Å². The number of fused-ring (bicyclic) bond motifs is 1. The first-order valence-electron chi connectivity index (χ1n) is 8.81. The normalized spacial score (nSPS) is 16.4. The molecule has 1 aromatic carbocycles. The number of nitrogens with one attached hydrogen (secondary N) is 2. The quantitative estimate of drug-likeness (QED) is 0.725. The van der Waals surface area contributed by atoms with Crippen molar-refractivity contribution < 1.29 is 0 Å². The Balaban J connectivity index is 1.33. The first-order valence-corrected chi connectivity index (χ1v) is 8.81. The number of rotatable bonds is 6. The van der Waals surface area contributed by atoms with E-state index >= 15 is 0 Å². The minimum absolute atomic E-state index is 0.546. The molecule has 1 atom stereocenters. The zero-order valence-corrected chi connectivity index (χ0v) is 14.5. The molecule has 0 saturated heterocycles. The summed E-state index contributed by atoms with van der Waals surface area (Å²) >= 11 is 0. The number of hydrogen-bond acceptors (Lipinski definition) is 4. The predicted octanol–water partition coefficient (Wildman–Crippen LogP) is 2.27. The predicted molar refractivity (Wildman–Crippen MR) is 98.4 cm³/mol. The maximum absolute atomic E-state index is 4.54. The van der Waals surface area contributed by atoms with Gasteiger partial charge in [-0.05, 0) is 24.1 Å². The minimum atomic E-state index is 0.546. The zero-order valence-electron chi connectivity index (χ0n) is 14.5. The highest BCUT2D eigenvalue weighted by molar-refractivity contribution is 5.38. The molecule has 3 aromatic rings. The molecule has 3 heterocycles. The summed E-state index contributed by atoms with van der Waals surface area (Å²) in [5, 5.41) is 15.9. The van der Waals surface area contributed by atoms with Crippen LogP contribution >= 0.6 is 0 Å². The Morgan fingerprint density at radius 3 is 2.96 bits per heavy atom. The summed E-state index contributed by atoms with van der Waals surface area (Å²) < 4.78 is 4.04. The van der Waals surface area contributed by atoms with Crippen LogP contribution in [0.25, 0.3) is 0 Å². The van der Waals surface area contributed by atoms with Crippen molar-refractivity contribution >= 4 is 5.82 Å². The van der Waals surface area contributed by atoms with Gasteiger partial charge >= 0.3 is 0 Å². The summed E-state index contributed by atoms with van der Waals surface area (Å²) in [4.78, 5) is 0. The molecule has 0 aliphatic carbocycles. The van der Waals surface area contributed by atoms with Crippen LogP contribution in [0.1, 0.15) is 16.8 Å². The van der Waals surface area contributed by atoms with Gasteiger partial charge < -0.3 is 10.6 Å². The third-order valence-electron chi connectivity index (χ3n) is 4.66. The van der Waals surface area contributed by atoms with Gasteiger partial charge in [0.1, 0.15) is 5.82 Å². The standard InChI is InChI=1S/C19H24N6/c1-15-9-19-21-11-16(13-25(19)23-15)10-20-12-17-5-2-3-6-18(17)14-24-8-4-7-22-24/h2-9,16,20-21H,10-14H2,1H3/t16-/m1/s1. The van der Waals surface area contributed by atoms with Crippen LogP contribution < -0.4 is 10.6 Å². The third-order valence-corrected chi connectivity index (χ3v) is 4.66. The Bertz CT molecular complexity index is 820. The molecule has 0 radical (unpaired) electrons. The van der Waals surface area contributed by atoms with Crippen LogP contribution in [0.3, 0.4) is 0 Å². The summed E-state index contributed by atoms with van der Waals surface area (Å²) in [5.74, 6) is 1.68. The van der Waals surface area contributed by atoms with Crippen LogP contribution in [0.4, 0.5) is 5.82 Å². The second-order valence-corrected chi connectivity index (χ2v) is 6.70. The second-order valence-electron chi connectivity index (χ2n) is 6.70. The molecule has 0 spiro atoms. The lowest BCUT2D eigenvalue weighted by atomic mass is 10.1. The van der Waals surface area contributed by atoms with Gasteiger partial charge in [0.15, 0.2) is 0 Å². The lowest BCUT2D eigenvalue weighted by molar-refractivity contribution is 0.390. The average Bonchev–Trinajstić information content (AvgIpc) is 3.24. The minimum Gasteiger partial charge on any atom is -0.370 e. The van der Waals surface area contributed by atoms with Crippen molar-refractivity contribution in [1.82, 2.24) is 24.9 Å². The van der Waals surface area contributed by atoms with E-state index in [9.17, 15) is 0 Å². The molecular weight excluding hydrogens is 312 g/mol. The zero-order chi connectivity index (χ0) is 17.1. The number of aryl methyl sites for hydroxylation is 1. The van der Waals surface area contributed by atoms with E-state index in [1.807, 2.05) is 30.1 Å². The van der Waals surface area contributed by atoms with Crippen molar-refractivity contribution in [2.24, 2.45) is 5.92 Å². The van der Waals surface area contributed by atoms with Crippen molar-refractivity contribution in [3.8, 4) is 0 Å². The van der Waals surface area contributed by atoms with Crippen molar-refractivity contribution in [3.63, 3.8) is 0 Å². The Morgan fingerprint density at radius 1 is 1.24 bits per heavy atom. The molecule has 0 amide bonds.